The summed E-state index contributed by atoms with van der Waals surface area (Å²) in [5, 5.41) is 11.3. The zero-order valence-corrected chi connectivity index (χ0v) is 12.0. The van der Waals surface area contributed by atoms with Crippen LogP contribution >= 0.6 is 11.3 Å². The fourth-order valence-electron chi connectivity index (χ4n) is 1.73. The van der Waals surface area contributed by atoms with Gasteiger partial charge in [-0.2, -0.15) is 0 Å². The normalized spacial score (nSPS) is 10.4. The molecule has 106 valence electrons. The average Bonchev–Trinajstić information content (AvgIpc) is 2.78. The molecule has 0 bridgehead atoms. The molecule has 0 aromatic carbocycles. The van der Waals surface area contributed by atoms with Crippen LogP contribution in [-0.2, 0) is 4.79 Å². The third-order valence-corrected chi connectivity index (χ3v) is 3.73. The maximum atomic E-state index is 11.7. The van der Waals surface area contributed by atoms with Gasteiger partial charge in [-0.25, -0.2) is 4.98 Å². The Morgan fingerprint density at radius 2 is 1.95 bits per heavy atom. The van der Waals surface area contributed by atoms with Gasteiger partial charge in [0.05, 0.1) is 11.2 Å². The number of thiazole rings is 1. The van der Waals surface area contributed by atoms with Crippen molar-refractivity contribution in [2.45, 2.75) is 45.4 Å². The summed E-state index contributed by atoms with van der Waals surface area (Å²) in [6.07, 6.45) is 4.89. The third kappa shape index (κ3) is 6.33. The highest BCUT2D eigenvalue weighted by molar-refractivity contribution is 7.11. The van der Waals surface area contributed by atoms with E-state index in [1.165, 1.54) is 11.3 Å². The minimum Gasteiger partial charge on any atom is -0.481 e. The van der Waals surface area contributed by atoms with E-state index in [0.29, 0.717) is 11.4 Å². The molecular formula is C13H20N2O3S. The lowest BCUT2D eigenvalue weighted by Gasteiger charge is -2.04. The van der Waals surface area contributed by atoms with E-state index >= 15 is 0 Å². The smallest absolute Gasteiger partial charge is 0.303 e. The molecule has 0 saturated heterocycles. The molecule has 0 unspecified atom stereocenters. The second-order valence-corrected chi connectivity index (χ2v) is 5.29. The van der Waals surface area contributed by atoms with Crippen molar-refractivity contribution in [2.24, 2.45) is 0 Å². The van der Waals surface area contributed by atoms with E-state index in [-0.39, 0.29) is 12.3 Å². The Morgan fingerprint density at radius 1 is 1.26 bits per heavy atom. The predicted octanol–water partition coefficient (Wildman–Crippen LogP) is 2.61. The molecule has 1 aromatic rings. The summed E-state index contributed by atoms with van der Waals surface area (Å²) < 4.78 is 0. The first-order chi connectivity index (χ1) is 9.11. The zero-order chi connectivity index (χ0) is 14.1. The van der Waals surface area contributed by atoms with Crippen molar-refractivity contribution < 1.29 is 14.7 Å². The molecule has 1 aromatic heterocycles. The number of aryl methyl sites for hydroxylation is 1. The summed E-state index contributed by atoms with van der Waals surface area (Å²) in [5.74, 6) is -0.780. The Balaban J connectivity index is 2.01. The van der Waals surface area contributed by atoms with Gasteiger partial charge in [-0.3, -0.25) is 9.59 Å². The van der Waals surface area contributed by atoms with Crippen molar-refractivity contribution >= 4 is 23.2 Å². The fraction of sp³-hybridized carbons (Fsp3) is 0.615. The van der Waals surface area contributed by atoms with Gasteiger partial charge in [-0.1, -0.05) is 19.3 Å². The first-order valence-electron chi connectivity index (χ1n) is 6.51. The number of aromatic nitrogens is 1. The highest BCUT2D eigenvalue weighted by atomic mass is 32.1. The molecule has 1 heterocycles. The number of carbonyl (C=O) groups is 2. The van der Waals surface area contributed by atoms with Crippen LogP contribution in [0, 0.1) is 6.92 Å². The first-order valence-corrected chi connectivity index (χ1v) is 7.39. The van der Waals surface area contributed by atoms with Crippen LogP contribution in [0.3, 0.4) is 0 Å². The molecule has 0 aliphatic rings. The van der Waals surface area contributed by atoms with E-state index in [2.05, 4.69) is 10.3 Å². The maximum Gasteiger partial charge on any atom is 0.303 e. The molecule has 0 aliphatic heterocycles. The SMILES string of the molecule is Cc1ncsc1C(=O)NCCCCCCCC(=O)O. The number of carboxylic acid groups (broad SMARTS) is 1. The van der Waals surface area contributed by atoms with Crippen LogP contribution in [0.2, 0.25) is 0 Å². The van der Waals surface area contributed by atoms with Crippen molar-refractivity contribution in [1.82, 2.24) is 10.3 Å². The van der Waals surface area contributed by atoms with Crippen molar-refractivity contribution in [2.75, 3.05) is 6.54 Å². The highest BCUT2D eigenvalue weighted by Crippen LogP contribution is 2.11. The number of nitrogens with one attached hydrogen (secondary N) is 1. The largest absolute Gasteiger partial charge is 0.481 e. The van der Waals surface area contributed by atoms with Crippen LogP contribution in [0.4, 0.5) is 0 Å². The second-order valence-electron chi connectivity index (χ2n) is 4.43. The number of aliphatic carboxylic acids is 1. The lowest BCUT2D eigenvalue weighted by Crippen LogP contribution is -2.24. The summed E-state index contributed by atoms with van der Waals surface area (Å²) in [6.45, 7) is 2.49. The van der Waals surface area contributed by atoms with E-state index in [1.807, 2.05) is 6.92 Å². The molecule has 5 nitrogen and oxygen atoms in total. The zero-order valence-electron chi connectivity index (χ0n) is 11.1. The van der Waals surface area contributed by atoms with Crippen molar-refractivity contribution in [1.29, 1.82) is 0 Å². The maximum absolute atomic E-state index is 11.7. The highest BCUT2D eigenvalue weighted by Gasteiger charge is 2.10. The molecule has 0 atom stereocenters. The fourth-order valence-corrected chi connectivity index (χ4v) is 2.45. The van der Waals surface area contributed by atoms with E-state index in [1.54, 1.807) is 5.51 Å². The summed E-state index contributed by atoms with van der Waals surface area (Å²) >= 11 is 1.36. The van der Waals surface area contributed by atoms with Gasteiger partial charge in [-0.05, 0) is 19.8 Å². The quantitative estimate of drug-likeness (QED) is 0.683. The summed E-state index contributed by atoms with van der Waals surface area (Å²) in [6, 6.07) is 0. The van der Waals surface area contributed by atoms with Crippen LogP contribution in [0.1, 0.15) is 53.9 Å². The van der Waals surface area contributed by atoms with Gasteiger partial charge >= 0.3 is 5.97 Å². The molecule has 6 heteroatoms. The van der Waals surface area contributed by atoms with Crippen LogP contribution < -0.4 is 5.32 Å². The number of hydrogen-bond donors (Lipinski definition) is 2. The predicted molar refractivity (Wildman–Crippen MR) is 74.5 cm³/mol. The van der Waals surface area contributed by atoms with Crippen molar-refractivity contribution in [3.63, 3.8) is 0 Å². The molecule has 0 saturated carbocycles. The Bertz CT molecular complexity index is 418. The molecule has 0 radical (unpaired) electrons. The van der Waals surface area contributed by atoms with E-state index in [9.17, 15) is 9.59 Å². The first kappa shape index (κ1) is 15.6. The lowest BCUT2D eigenvalue weighted by molar-refractivity contribution is -0.137. The molecule has 2 N–H and O–H groups in total. The van der Waals surface area contributed by atoms with E-state index in [0.717, 1.165) is 37.8 Å². The van der Waals surface area contributed by atoms with Gasteiger partial charge in [0, 0.05) is 13.0 Å². The molecule has 0 spiro atoms. The number of carboxylic acids is 1. The Hall–Kier alpha value is -1.43. The molecular weight excluding hydrogens is 264 g/mol. The summed E-state index contributed by atoms with van der Waals surface area (Å²) in [5.41, 5.74) is 2.45. The minimum absolute atomic E-state index is 0.0501. The summed E-state index contributed by atoms with van der Waals surface area (Å²) in [7, 11) is 0. The van der Waals surface area contributed by atoms with Gasteiger partial charge < -0.3 is 10.4 Å². The van der Waals surface area contributed by atoms with Gasteiger partial charge in [-0.15, -0.1) is 11.3 Å². The van der Waals surface area contributed by atoms with Crippen molar-refractivity contribution in [3.8, 4) is 0 Å². The van der Waals surface area contributed by atoms with Crippen LogP contribution in [0.5, 0.6) is 0 Å². The number of hydrogen-bond acceptors (Lipinski definition) is 4. The van der Waals surface area contributed by atoms with Gasteiger partial charge in [0.25, 0.3) is 5.91 Å². The summed E-state index contributed by atoms with van der Waals surface area (Å²) in [4.78, 5) is 26.8. The average molecular weight is 284 g/mol. The Kier molecular flexibility index (Phi) is 7.10. The van der Waals surface area contributed by atoms with Gasteiger partial charge in [0.15, 0.2) is 0 Å². The molecule has 1 amide bonds. The van der Waals surface area contributed by atoms with Crippen LogP contribution in [-0.4, -0.2) is 28.5 Å². The second kappa shape index (κ2) is 8.63. The van der Waals surface area contributed by atoms with E-state index in [4.69, 9.17) is 5.11 Å². The number of rotatable bonds is 9. The number of carbonyl (C=O) groups excluding carboxylic acids is 1. The van der Waals surface area contributed by atoms with Gasteiger partial charge in [0.2, 0.25) is 0 Å². The number of amides is 1. The Morgan fingerprint density at radius 3 is 2.58 bits per heavy atom. The molecule has 0 fully saturated rings. The van der Waals surface area contributed by atoms with Crippen molar-refractivity contribution in [3.05, 3.63) is 16.1 Å². The monoisotopic (exact) mass is 284 g/mol. The standard InChI is InChI=1S/C13H20N2O3S/c1-10-12(19-9-15-10)13(18)14-8-6-4-2-3-5-7-11(16)17/h9H,2-8H2,1H3,(H,14,18)(H,16,17). The molecule has 1 rings (SSSR count). The lowest BCUT2D eigenvalue weighted by atomic mass is 10.1. The van der Waals surface area contributed by atoms with Crippen LogP contribution in [0.25, 0.3) is 0 Å². The minimum atomic E-state index is -0.729. The number of nitrogens with zero attached hydrogens (tertiary/aromatic N) is 1. The van der Waals surface area contributed by atoms with Gasteiger partial charge in [0.1, 0.15) is 4.88 Å². The van der Waals surface area contributed by atoms with E-state index < -0.39 is 5.97 Å². The Labute approximate surface area is 117 Å². The molecule has 0 aliphatic carbocycles. The third-order valence-electron chi connectivity index (χ3n) is 2.80. The number of unbranched alkanes of at least 4 members (excludes halogenated alkanes) is 4. The molecule has 19 heavy (non-hydrogen) atoms. The topological polar surface area (TPSA) is 79.3 Å². The van der Waals surface area contributed by atoms with Crippen LogP contribution in [0.15, 0.2) is 5.51 Å².